The smallest absolute Gasteiger partial charge is 0.257 e. The van der Waals surface area contributed by atoms with E-state index in [1.165, 1.54) is 18.5 Å². The van der Waals surface area contributed by atoms with Crippen molar-refractivity contribution in [3.63, 3.8) is 0 Å². The SMILES string of the molecule is COc1cccc(CCNC(=O)c2cncc(C(=O)Nc3ccccc3)c2)c1. The Morgan fingerprint density at radius 1 is 0.929 bits per heavy atom. The minimum absolute atomic E-state index is 0.273. The van der Waals surface area contributed by atoms with Crippen LogP contribution in [-0.4, -0.2) is 30.5 Å². The summed E-state index contributed by atoms with van der Waals surface area (Å²) in [6, 6.07) is 18.3. The molecule has 142 valence electrons. The van der Waals surface area contributed by atoms with E-state index in [1.54, 1.807) is 19.2 Å². The number of nitrogens with zero attached hydrogens (tertiary/aromatic N) is 1. The van der Waals surface area contributed by atoms with Gasteiger partial charge in [0.05, 0.1) is 18.2 Å². The first-order valence-corrected chi connectivity index (χ1v) is 8.88. The van der Waals surface area contributed by atoms with Crippen molar-refractivity contribution >= 4 is 17.5 Å². The van der Waals surface area contributed by atoms with Gasteiger partial charge in [-0.1, -0.05) is 30.3 Å². The summed E-state index contributed by atoms with van der Waals surface area (Å²) in [5, 5.41) is 5.63. The number of rotatable bonds is 7. The molecule has 0 aliphatic rings. The lowest BCUT2D eigenvalue weighted by Gasteiger charge is -2.08. The summed E-state index contributed by atoms with van der Waals surface area (Å²) in [5.41, 5.74) is 2.41. The molecule has 28 heavy (non-hydrogen) atoms. The number of hydrogen-bond donors (Lipinski definition) is 2. The van der Waals surface area contributed by atoms with Crippen LogP contribution in [0.3, 0.4) is 0 Å². The summed E-state index contributed by atoms with van der Waals surface area (Å²) >= 11 is 0. The molecular formula is C22H21N3O3. The molecule has 0 saturated heterocycles. The Labute approximate surface area is 163 Å². The van der Waals surface area contributed by atoms with E-state index >= 15 is 0 Å². The van der Waals surface area contributed by atoms with E-state index in [0.717, 1.165) is 11.3 Å². The number of methoxy groups -OCH3 is 1. The van der Waals surface area contributed by atoms with Crippen LogP contribution in [0.4, 0.5) is 5.69 Å². The van der Waals surface area contributed by atoms with Crippen molar-refractivity contribution in [2.24, 2.45) is 0 Å². The number of para-hydroxylation sites is 1. The van der Waals surface area contributed by atoms with E-state index in [1.807, 2.05) is 42.5 Å². The van der Waals surface area contributed by atoms with Gasteiger partial charge in [0.2, 0.25) is 0 Å². The van der Waals surface area contributed by atoms with Crippen LogP contribution >= 0.6 is 0 Å². The summed E-state index contributed by atoms with van der Waals surface area (Å²) in [7, 11) is 1.62. The second kappa shape index (κ2) is 9.32. The van der Waals surface area contributed by atoms with Gasteiger partial charge >= 0.3 is 0 Å². The van der Waals surface area contributed by atoms with Crippen molar-refractivity contribution in [3.8, 4) is 5.75 Å². The highest BCUT2D eigenvalue weighted by molar-refractivity contribution is 6.05. The van der Waals surface area contributed by atoms with Crippen LogP contribution < -0.4 is 15.4 Å². The van der Waals surface area contributed by atoms with Gasteiger partial charge in [-0.25, -0.2) is 0 Å². The number of hydrogen-bond acceptors (Lipinski definition) is 4. The number of carbonyl (C=O) groups is 2. The average Bonchev–Trinajstić information content (AvgIpc) is 2.74. The van der Waals surface area contributed by atoms with Crippen molar-refractivity contribution in [1.82, 2.24) is 10.3 Å². The summed E-state index contributed by atoms with van der Waals surface area (Å²) in [4.78, 5) is 28.8. The number of ether oxygens (including phenoxy) is 1. The van der Waals surface area contributed by atoms with Crippen LogP contribution in [0.15, 0.2) is 73.1 Å². The summed E-state index contributed by atoms with van der Waals surface area (Å²) in [6.45, 7) is 0.465. The molecule has 0 radical (unpaired) electrons. The first-order valence-electron chi connectivity index (χ1n) is 8.88. The lowest BCUT2D eigenvalue weighted by Crippen LogP contribution is -2.26. The largest absolute Gasteiger partial charge is 0.497 e. The van der Waals surface area contributed by atoms with Crippen molar-refractivity contribution in [2.75, 3.05) is 19.0 Å². The van der Waals surface area contributed by atoms with Crippen molar-refractivity contribution in [3.05, 3.63) is 89.7 Å². The molecule has 2 aromatic carbocycles. The van der Waals surface area contributed by atoms with Crippen LogP contribution in [0.25, 0.3) is 0 Å². The van der Waals surface area contributed by atoms with Gasteiger partial charge in [-0.15, -0.1) is 0 Å². The Hall–Kier alpha value is -3.67. The topological polar surface area (TPSA) is 80.3 Å². The van der Waals surface area contributed by atoms with Crippen LogP contribution in [0.5, 0.6) is 5.75 Å². The Morgan fingerprint density at radius 3 is 2.43 bits per heavy atom. The molecule has 1 aromatic heterocycles. The molecule has 0 fully saturated rings. The van der Waals surface area contributed by atoms with E-state index < -0.39 is 0 Å². The molecule has 0 aliphatic carbocycles. The zero-order valence-electron chi connectivity index (χ0n) is 15.5. The number of pyridine rings is 1. The average molecular weight is 375 g/mol. The number of nitrogens with one attached hydrogen (secondary N) is 2. The Bertz CT molecular complexity index is 958. The molecule has 2 amide bonds. The molecule has 0 unspecified atom stereocenters. The fraction of sp³-hybridized carbons (Fsp3) is 0.136. The third-order valence-corrected chi connectivity index (χ3v) is 4.13. The molecule has 1 heterocycles. The molecule has 3 aromatic rings. The molecule has 6 nitrogen and oxygen atoms in total. The highest BCUT2D eigenvalue weighted by Crippen LogP contribution is 2.13. The maximum Gasteiger partial charge on any atom is 0.257 e. The molecule has 0 saturated carbocycles. The van der Waals surface area contributed by atoms with Gasteiger partial charge in [0, 0.05) is 24.6 Å². The summed E-state index contributed by atoms with van der Waals surface area (Å²) in [6.07, 6.45) is 3.55. The Kier molecular flexibility index (Phi) is 6.36. The number of benzene rings is 2. The molecule has 0 aliphatic heterocycles. The minimum atomic E-state index is -0.315. The van der Waals surface area contributed by atoms with Crippen molar-refractivity contribution in [1.29, 1.82) is 0 Å². The highest BCUT2D eigenvalue weighted by atomic mass is 16.5. The number of amides is 2. The number of carbonyl (C=O) groups excluding carboxylic acids is 2. The van der Waals surface area contributed by atoms with Crippen LogP contribution in [-0.2, 0) is 6.42 Å². The summed E-state index contributed by atoms with van der Waals surface area (Å²) in [5.74, 6) is 0.194. The van der Waals surface area contributed by atoms with Gasteiger partial charge in [-0.2, -0.15) is 0 Å². The predicted octanol–water partition coefficient (Wildman–Crippen LogP) is 3.32. The lowest BCUT2D eigenvalue weighted by atomic mass is 10.1. The normalized spacial score (nSPS) is 10.2. The fourth-order valence-corrected chi connectivity index (χ4v) is 2.66. The third-order valence-electron chi connectivity index (χ3n) is 4.13. The van der Waals surface area contributed by atoms with E-state index in [0.29, 0.717) is 29.8 Å². The van der Waals surface area contributed by atoms with Crippen LogP contribution in [0.1, 0.15) is 26.3 Å². The molecule has 3 rings (SSSR count). The molecular weight excluding hydrogens is 354 g/mol. The quantitative estimate of drug-likeness (QED) is 0.664. The third kappa shape index (κ3) is 5.17. The fourth-order valence-electron chi connectivity index (χ4n) is 2.66. The van der Waals surface area contributed by atoms with E-state index in [-0.39, 0.29) is 11.8 Å². The van der Waals surface area contributed by atoms with E-state index in [2.05, 4.69) is 15.6 Å². The first-order chi connectivity index (χ1) is 13.7. The van der Waals surface area contributed by atoms with Crippen molar-refractivity contribution in [2.45, 2.75) is 6.42 Å². The van der Waals surface area contributed by atoms with Crippen molar-refractivity contribution < 1.29 is 14.3 Å². The maximum absolute atomic E-state index is 12.4. The number of aromatic nitrogens is 1. The molecule has 0 bridgehead atoms. The zero-order chi connectivity index (χ0) is 19.8. The predicted molar refractivity (Wildman–Crippen MR) is 108 cm³/mol. The Balaban J connectivity index is 1.58. The lowest BCUT2D eigenvalue weighted by molar-refractivity contribution is 0.0953. The van der Waals surface area contributed by atoms with Gasteiger partial charge in [0.15, 0.2) is 0 Å². The van der Waals surface area contributed by atoms with Gasteiger partial charge in [-0.05, 0) is 42.3 Å². The van der Waals surface area contributed by atoms with E-state index in [4.69, 9.17) is 4.74 Å². The van der Waals surface area contributed by atoms with Crippen LogP contribution in [0.2, 0.25) is 0 Å². The standard InChI is InChI=1S/C22H21N3O3/c1-28-20-9-5-6-16(12-20)10-11-24-21(26)17-13-18(15-23-14-17)22(27)25-19-7-3-2-4-8-19/h2-9,12-15H,10-11H2,1H3,(H,24,26)(H,25,27). The maximum atomic E-state index is 12.4. The van der Waals surface area contributed by atoms with Gasteiger partial charge in [0.25, 0.3) is 11.8 Å². The summed E-state index contributed by atoms with van der Waals surface area (Å²) < 4.78 is 5.20. The molecule has 2 N–H and O–H groups in total. The van der Waals surface area contributed by atoms with Crippen LogP contribution in [0, 0.1) is 0 Å². The molecule has 0 atom stereocenters. The highest BCUT2D eigenvalue weighted by Gasteiger charge is 2.11. The van der Waals surface area contributed by atoms with Gasteiger partial charge < -0.3 is 15.4 Å². The first kappa shape index (κ1) is 19.1. The second-order valence-electron chi connectivity index (χ2n) is 6.14. The minimum Gasteiger partial charge on any atom is -0.497 e. The zero-order valence-corrected chi connectivity index (χ0v) is 15.5. The van der Waals surface area contributed by atoms with Gasteiger partial charge in [0.1, 0.15) is 5.75 Å². The molecule has 6 heteroatoms. The Morgan fingerprint density at radius 2 is 1.68 bits per heavy atom. The van der Waals surface area contributed by atoms with E-state index in [9.17, 15) is 9.59 Å². The number of anilines is 1. The molecule has 0 spiro atoms. The second-order valence-corrected chi connectivity index (χ2v) is 6.14. The van der Waals surface area contributed by atoms with Gasteiger partial charge in [-0.3, -0.25) is 14.6 Å². The monoisotopic (exact) mass is 375 g/mol.